The van der Waals surface area contributed by atoms with E-state index in [4.69, 9.17) is 0 Å². The Bertz CT molecular complexity index is 570. The van der Waals surface area contributed by atoms with Gasteiger partial charge in [-0.15, -0.1) is 0 Å². The number of benzene rings is 2. The van der Waals surface area contributed by atoms with E-state index in [0.29, 0.717) is 6.54 Å². The molecule has 0 aliphatic rings. The van der Waals surface area contributed by atoms with E-state index in [1.807, 2.05) is 18.2 Å². The average Bonchev–Trinajstić information content (AvgIpc) is 2.48. The van der Waals surface area contributed by atoms with Crippen LogP contribution in [0.5, 0.6) is 11.5 Å². The summed E-state index contributed by atoms with van der Waals surface area (Å²) in [7, 11) is 4.12. The highest BCUT2D eigenvalue weighted by atomic mass is 16.3. The van der Waals surface area contributed by atoms with Gasteiger partial charge in [-0.05, 0) is 37.4 Å². The predicted molar refractivity (Wildman–Crippen MR) is 84.3 cm³/mol. The zero-order chi connectivity index (χ0) is 15.2. The Hall–Kier alpha value is -2.04. The van der Waals surface area contributed by atoms with Gasteiger partial charge >= 0.3 is 0 Å². The molecule has 4 nitrogen and oxygen atoms in total. The Morgan fingerprint density at radius 3 is 2.33 bits per heavy atom. The third kappa shape index (κ3) is 4.21. The van der Waals surface area contributed by atoms with Crippen LogP contribution in [0.3, 0.4) is 0 Å². The number of hydrogen-bond acceptors (Lipinski definition) is 4. The monoisotopic (exact) mass is 286 g/mol. The minimum Gasteiger partial charge on any atom is -0.504 e. The van der Waals surface area contributed by atoms with Crippen molar-refractivity contribution >= 4 is 0 Å². The van der Waals surface area contributed by atoms with Crippen LogP contribution in [0, 0.1) is 0 Å². The Kier molecular flexibility index (Phi) is 5.20. The van der Waals surface area contributed by atoms with Gasteiger partial charge in [0.05, 0.1) is 0 Å². The number of nitrogens with one attached hydrogen (secondary N) is 1. The highest BCUT2D eigenvalue weighted by Crippen LogP contribution is 2.25. The highest BCUT2D eigenvalue weighted by molar-refractivity contribution is 5.40. The third-order valence-corrected chi connectivity index (χ3v) is 3.51. The Morgan fingerprint density at radius 1 is 1.00 bits per heavy atom. The summed E-state index contributed by atoms with van der Waals surface area (Å²) in [5.41, 5.74) is 2.21. The van der Waals surface area contributed by atoms with Gasteiger partial charge in [-0.25, -0.2) is 0 Å². The highest BCUT2D eigenvalue weighted by Gasteiger charge is 2.13. The average molecular weight is 286 g/mol. The van der Waals surface area contributed by atoms with Crippen LogP contribution >= 0.6 is 0 Å². The second kappa shape index (κ2) is 7.11. The van der Waals surface area contributed by atoms with Crippen LogP contribution in [0.1, 0.15) is 17.2 Å². The minimum atomic E-state index is -0.0887. The molecule has 2 aromatic rings. The predicted octanol–water partition coefficient (Wildman–Crippen LogP) is 2.49. The van der Waals surface area contributed by atoms with Gasteiger partial charge in [-0.2, -0.15) is 0 Å². The largest absolute Gasteiger partial charge is 0.504 e. The summed E-state index contributed by atoms with van der Waals surface area (Å²) in [5.74, 6) is -0.171. The van der Waals surface area contributed by atoms with E-state index in [0.717, 1.165) is 12.1 Å². The molecule has 2 rings (SSSR count). The summed E-state index contributed by atoms with van der Waals surface area (Å²) < 4.78 is 0. The van der Waals surface area contributed by atoms with Crippen LogP contribution in [-0.4, -0.2) is 35.8 Å². The molecular weight excluding hydrogens is 264 g/mol. The van der Waals surface area contributed by atoms with Crippen LogP contribution in [-0.2, 0) is 6.54 Å². The van der Waals surface area contributed by atoms with Crippen molar-refractivity contribution in [2.24, 2.45) is 0 Å². The first-order valence-electron chi connectivity index (χ1n) is 7.01. The van der Waals surface area contributed by atoms with Gasteiger partial charge in [0.25, 0.3) is 0 Å². The molecule has 0 heterocycles. The summed E-state index contributed by atoms with van der Waals surface area (Å²) in [6.07, 6.45) is 0. The Balaban J connectivity index is 1.95. The van der Waals surface area contributed by atoms with Crippen LogP contribution < -0.4 is 5.32 Å². The summed E-state index contributed by atoms with van der Waals surface area (Å²) in [6.45, 7) is 1.45. The quantitative estimate of drug-likeness (QED) is 0.714. The van der Waals surface area contributed by atoms with Crippen molar-refractivity contribution < 1.29 is 10.2 Å². The lowest BCUT2D eigenvalue weighted by molar-refractivity contribution is 0.288. The molecule has 0 saturated carbocycles. The first-order valence-corrected chi connectivity index (χ1v) is 7.01. The van der Waals surface area contributed by atoms with Crippen LogP contribution in [0.15, 0.2) is 48.5 Å². The first kappa shape index (κ1) is 15.4. The fourth-order valence-corrected chi connectivity index (χ4v) is 2.31. The maximum Gasteiger partial charge on any atom is 0.157 e. The molecule has 0 saturated heterocycles. The van der Waals surface area contributed by atoms with Crippen molar-refractivity contribution in [3.05, 3.63) is 59.7 Å². The molecule has 0 bridgehead atoms. The molecule has 4 heteroatoms. The molecule has 0 spiro atoms. The zero-order valence-electron chi connectivity index (χ0n) is 12.5. The van der Waals surface area contributed by atoms with Crippen LogP contribution in [0.2, 0.25) is 0 Å². The minimum absolute atomic E-state index is 0.0819. The molecule has 3 N–H and O–H groups in total. The topological polar surface area (TPSA) is 55.7 Å². The maximum absolute atomic E-state index is 9.49. The molecule has 0 aromatic heterocycles. The van der Waals surface area contributed by atoms with Crippen molar-refractivity contribution in [3.63, 3.8) is 0 Å². The van der Waals surface area contributed by atoms with Gasteiger partial charge in [-0.1, -0.05) is 36.4 Å². The Labute approximate surface area is 125 Å². The second-order valence-electron chi connectivity index (χ2n) is 5.34. The van der Waals surface area contributed by atoms with E-state index in [2.05, 4.69) is 36.4 Å². The van der Waals surface area contributed by atoms with Gasteiger partial charge in [0.1, 0.15) is 0 Å². The van der Waals surface area contributed by atoms with Crippen molar-refractivity contribution in [3.8, 4) is 11.5 Å². The molecule has 1 atom stereocenters. The molecule has 2 aromatic carbocycles. The lowest BCUT2D eigenvalue weighted by Gasteiger charge is -2.25. The van der Waals surface area contributed by atoms with Gasteiger partial charge in [-0.3, -0.25) is 0 Å². The molecule has 0 aliphatic carbocycles. The van der Waals surface area contributed by atoms with Gasteiger partial charge in [0.2, 0.25) is 0 Å². The van der Waals surface area contributed by atoms with E-state index in [-0.39, 0.29) is 17.5 Å². The third-order valence-electron chi connectivity index (χ3n) is 3.51. The van der Waals surface area contributed by atoms with Crippen molar-refractivity contribution in [2.75, 3.05) is 20.6 Å². The molecule has 112 valence electrons. The number of nitrogens with zero attached hydrogens (tertiary/aromatic N) is 1. The van der Waals surface area contributed by atoms with E-state index in [1.54, 1.807) is 12.1 Å². The fourth-order valence-electron chi connectivity index (χ4n) is 2.31. The molecule has 0 fully saturated rings. The maximum atomic E-state index is 9.49. The van der Waals surface area contributed by atoms with E-state index in [1.165, 1.54) is 11.6 Å². The van der Waals surface area contributed by atoms with E-state index in [9.17, 15) is 10.2 Å². The number of rotatable bonds is 6. The number of likely N-dealkylation sites (N-methyl/N-ethyl adjacent to an activating group) is 1. The number of phenols is 2. The van der Waals surface area contributed by atoms with Gasteiger partial charge < -0.3 is 20.4 Å². The molecule has 21 heavy (non-hydrogen) atoms. The normalized spacial score (nSPS) is 12.5. The molecule has 0 aliphatic heterocycles. The summed E-state index contributed by atoms with van der Waals surface area (Å²) in [6, 6.07) is 15.5. The summed E-state index contributed by atoms with van der Waals surface area (Å²) >= 11 is 0. The summed E-state index contributed by atoms with van der Waals surface area (Å²) in [4.78, 5) is 2.18. The number of aromatic hydroxyl groups is 2. The summed E-state index contributed by atoms with van der Waals surface area (Å²) in [5, 5.41) is 22.2. The van der Waals surface area contributed by atoms with Gasteiger partial charge in [0.15, 0.2) is 11.5 Å². The van der Waals surface area contributed by atoms with Crippen molar-refractivity contribution in [2.45, 2.75) is 12.6 Å². The molecule has 0 amide bonds. The molecule has 0 radical (unpaired) electrons. The second-order valence-corrected chi connectivity index (χ2v) is 5.34. The van der Waals surface area contributed by atoms with Crippen molar-refractivity contribution in [1.82, 2.24) is 10.2 Å². The standard InChI is InChI=1S/C17H22N2O2/c1-19(2)15(14-6-4-3-5-7-14)12-18-11-13-8-9-16(20)17(21)10-13/h3-10,15,18,20-21H,11-12H2,1-2H3. The van der Waals surface area contributed by atoms with E-state index >= 15 is 0 Å². The molecular formula is C17H22N2O2. The Morgan fingerprint density at radius 2 is 1.71 bits per heavy atom. The number of phenolic OH excluding ortho intramolecular Hbond substituents is 2. The zero-order valence-corrected chi connectivity index (χ0v) is 12.5. The van der Waals surface area contributed by atoms with Crippen LogP contribution in [0.25, 0.3) is 0 Å². The lowest BCUT2D eigenvalue weighted by Crippen LogP contribution is -2.30. The van der Waals surface area contributed by atoms with Gasteiger partial charge in [0, 0.05) is 19.1 Å². The van der Waals surface area contributed by atoms with Crippen molar-refractivity contribution in [1.29, 1.82) is 0 Å². The number of hydrogen-bond donors (Lipinski definition) is 3. The molecule has 1 unspecified atom stereocenters. The van der Waals surface area contributed by atoms with Crippen LogP contribution in [0.4, 0.5) is 0 Å². The first-order chi connectivity index (χ1) is 10.1. The van der Waals surface area contributed by atoms with E-state index < -0.39 is 0 Å². The SMILES string of the molecule is CN(C)C(CNCc1ccc(O)c(O)c1)c1ccccc1. The smallest absolute Gasteiger partial charge is 0.157 e. The lowest BCUT2D eigenvalue weighted by atomic mass is 10.1. The fraction of sp³-hybridized carbons (Fsp3) is 0.294.